The van der Waals surface area contributed by atoms with Crippen LogP contribution >= 0.6 is 11.6 Å². The number of urea groups is 1. The van der Waals surface area contributed by atoms with Crippen molar-refractivity contribution in [3.63, 3.8) is 0 Å². The summed E-state index contributed by atoms with van der Waals surface area (Å²) in [7, 11) is 0. The third-order valence-corrected chi connectivity index (χ3v) is 6.28. The number of rotatable bonds is 8. The van der Waals surface area contributed by atoms with Crippen LogP contribution in [-0.4, -0.2) is 27.6 Å². The fraction of sp³-hybridized carbons (Fsp3) is 0.346. The van der Waals surface area contributed by atoms with Crippen molar-refractivity contribution in [1.82, 2.24) is 20.4 Å². The van der Waals surface area contributed by atoms with Gasteiger partial charge in [0.25, 0.3) is 5.89 Å². The molecule has 172 valence electrons. The summed E-state index contributed by atoms with van der Waals surface area (Å²) in [6.45, 7) is 6.84. The number of benzene rings is 2. The molecule has 1 aliphatic heterocycles. The predicted molar refractivity (Wildman–Crippen MR) is 131 cm³/mol. The highest BCUT2D eigenvalue weighted by atomic mass is 35.5. The van der Waals surface area contributed by atoms with E-state index in [1.807, 2.05) is 43.3 Å². The molecule has 0 spiro atoms. The minimum absolute atomic E-state index is 0.132. The molecule has 0 fully saturated rings. The van der Waals surface area contributed by atoms with Crippen LogP contribution < -0.4 is 5.32 Å². The molecule has 2 amide bonds. The first kappa shape index (κ1) is 23.1. The molecule has 2 heterocycles. The number of aryl methyl sites for hydroxylation is 1. The lowest BCUT2D eigenvalue weighted by Crippen LogP contribution is -2.46. The molecule has 3 aromatic rings. The van der Waals surface area contributed by atoms with Crippen molar-refractivity contribution in [2.45, 2.75) is 52.5 Å². The molecule has 0 radical (unpaired) electrons. The summed E-state index contributed by atoms with van der Waals surface area (Å²) in [4.78, 5) is 19.5. The van der Waals surface area contributed by atoms with E-state index >= 15 is 0 Å². The van der Waals surface area contributed by atoms with Gasteiger partial charge in [-0.3, -0.25) is 4.90 Å². The Morgan fingerprint density at radius 1 is 1.12 bits per heavy atom. The summed E-state index contributed by atoms with van der Waals surface area (Å²) in [6, 6.07) is 15.1. The summed E-state index contributed by atoms with van der Waals surface area (Å²) in [5, 5.41) is 7.96. The topological polar surface area (TPSA) is 71.3 Å². The van der Waals surface area contributed by atoms with E-state index in [1.54, 1.807) is 4.90 Å². The van der Waals surface area contributed by atoms with E-state index in [0.29, 0.717) is 23.3 Å². The summed E-state index contributed by atoms with van der Waals surface area (Å²) in [5.41, 5.74) is 4.61. The molecule has 1 unspecified atom stereocenters. The Morgan fingerprint density at radius 3 is 2.61 bits per heavy atom. The first-order valence-electron chi connectivity index (χ1n) is 11.5. The van der Waals surface area contributed by atoms with Gasteiger partial charge in [0.05, 0.1) is 11.6 Å². The van der Waals surface area contributed by atoms with Gasteiger partial charge in [0.1, 0.15) is 0 Å². The van der Waals surface area contributed by atoms with Crippen LogP contribution in [0.2, 0.25) is 5.02 Å². The second-order valence-electron chi connectivity index (χ2n) is 8.27. The molecule has 0 saturated heterocycles. The van der Waals surface area contributed by atoms with Gasteiger partial charge in [-0.1, -0.05) is 79.8 Å². The van der Waals surface area contributed by atoms with Crippen molar-refractivity contribution in [1.29, 1.82) is 0 Å². The summed E-state index contributed by atoms with van der Waals surface area (Å²) in [6.07, 6.45) is 4.04. The second kappa shape index (κ2) is 10.2. The van der Waals surface area contributed by atoms with Crippen molar-refractivity contribution in [3.8, 4) is 11.4 Å². The van der Waals surface area contributed by atoms with Gasteiger partial charge in [0, 0.05) is 22.8 Å². The van der Waals surface area contributed by atoms with Crippen molar-refractivity contribution in [2.24, 2.45) is 0 Å². The summed E-state index contributed by atoms with van der Waals surface area (Å²) in [5.74, 6) is 0.916. The van der Waals surface area contributed by atoms with Gasteiger partial charge < -0.3 is 9.84 Å². The second-order valence-corrected chi connectivity index (χ2v) is 8.71. The van der Waals surface area contributed by atoms with Crippen LogP contribution in [0.5, 0.6) is 0 Å². The van der Waals surface area contributed by atoms with Crippen LogP contribution in [0, 0.1) is 0 Å². The van der Waals surface area contributed by atoms with Crippen LogP contribution in [0.3, 0.4) is 0 Å². The number of carbonyl (C=O) groups excluding carboxylic acids is 1. The van der Waals surface area contributed by atoms with Crippen molar-refractivity contribution in [2.75, 3.05) is 6.54 Å². The molecule has 0 bridgehead atoms. The first-order valence-corrected chi connectivity index (χ1v) is 11.9. The standard InChI is InChI=1S/C26H29ClN4O2/c1-4-6-7-15-31-17(3)22(23(28-26(31)32)20-9-8-10-21(27)16-20)25-29-24(30-33-25)19-13-11-18(5-2)12-14-19/h8-14,16,23H,4-7,15H2,1-3H3,(H,28,32). The molecular weight excluding hydrogens is 436 g/mol. The van der Waals surface area contributed by atoms with Crippen LogP contribution in [0.4, 0.5) is 4.79 Å². The number of hydrogen-bond donors (Lipinski definition) is 1. The van der Waals surface area contributed by atoms with Crippen molar-refractivity contribution in [3.05, 3.63) is 76.3 Å². The Hall–Kier alpha value is -3.12. The third-order valence-electron chi connectivity index (χ3n) is 6.04. The lowest BCUT2D eigenvalue weighted by atomic mass is 9.94. The highest BCUT2D eigenvalue weighted by Gasteiger charge is 2.35. The number of aromatic nitrogens is 2. The molecule has 1 aliphatic rings. The quantitative estimate of drug-likeness (QED) is 0.379. The van der Waals surface area contributed by atoms with E-state index in [-0.39, 0.29) is 6.03 Å². The predicted octanol–water partition coefficient (Wildman–Crippen LogP) is 6.64. The number of hydrogen-bond acceptors (Lipinski definition) is 4. The number of amides is 2. The normalized spacial score (nSPS) is 16.3. The molecule has 4 rings (SSSR count). The lowest BCUT2D eigenvalue weighted by Gasteiger charge is -2.35. The fourth-order valence-electron chi connectivity index (χ4n) is 4.12. The highest BCUT2D eigenvalue weighted by molar-refractivity contribution is 6.30. The average Bonchev–Trinajstić information content (AvgIpc) is 3.30. The maximum atomic E-state index is 13.0. The monoisotopic (exact) mass is 464 g/mol. The van der Waals surface area contributed by atoms with Gasteiger partial charge >= 0.3 is 6.03 Å². The molecule has 2 aromatic carbocycles. The Kier molecular flexibility index (Phi) is 7.14. The Labute approximate surface area is 199 Å². The van der Waals surface area contributed by atoms with Crippen LogP contribution in [0.15, 0.2) is 58.8 Å². The number of allylic oxidation sites excluding steroid dienone is 1. The molecule has 0 aliphatic carbocycles. The third kappa shape index (κ3) is 4.96. The van der Waals surface area contributed by atoms with Gasteiger partial charge in [0.2, 0.25) is 5.82 Å². The first-order chi connectivity index (χ1) is 16.0. The van der Waals surface area contributed by atoms with Crippen LogP contribution in [-0.2, 0) is 6.42 Å². The van der Waals surface area contributed by atoms with Gasteiger partial charge in [-0.05, 0) is 43.0 Å². The smallest absolute Gasteiger partial charge is 0.322 e. The number of nitrogens with one attached hydrogen (secondary N) is 1. The minimum atomic E-state index is -0.436. The average molecular weight is 465 g/mol. The zero-order chi connectivity index (χ0) is 23.4. The van der Waals surface area contributed by atoms with E-state index in [4.69, 9.17) is 21.1 Å². The lowest BCUT2D eigenvalue weighted by molar-refractivity contribution is 0.204. The summed E-state index contributed by atoms with van der Waals surface area (Å²) >= 11 is 6.26. The highest BCUT2D eigenvalue weighted by Crippen LogP contribution is 2.38. The largest absolute Gasteiger partial charge is 0.334 e. The van der Waals surface area contributed by atoms with Crippen LogP contribution in [0.25, 0.3) is 17.0 Å². The molecular formula is C26H29ClN4O2. The van der Waals surface area contributed by atoms with E-state index < -0.39 is 6.04 Å². The zero-order valence-corrected chi connectivity index (χ0v) is 20.0. The number of halogens is 1. The molecule has 1 N–H and O–H groups in total. The molecule has 0 saturated carbocycles. The molecule has 1 aromatic heterocycles. The van der Waals surface area contributed by atoms with Gasteiger partial charge in [0.15, 0.2) is 0 Å². The van der Waals surface area contributed by atoms with E-state index in [9.17, 15) is 4.79 Å². The van der Waals surface area contributed by atoms with E-state index in [2.05, 4.69) is 36.5 Å². The van der Waals surface area contributed by atoms with Crippen LogP contribution in [0.1, 0.15) is 63.1 Å². The number of carbonyl (C=O) groups is 1. The number of unbranched alkanes of at least 4 members (excludes halogenated alkanes) is 2. The fourth-order valence-corrected chi connectivity index (χ4v) is 4.32. The van der Waals surface area contributed by atoms with E-state index in [0.717, 1.165) is 48.1 Å². The van der Waals surface area contributed by atoms with Gasteiger partial charge in [-0.25, -0.2) is 4.79 Å². The molecule has 1 atom stereocenters. The van der Waals surface area contributed by atoms with E-state index in [1.165, 1.54) is 5.56 Å². The van der Waals surface area contributed by atoms with Crippen molar-refractivity contribution < 1.29 is 9.32 Å². The number of nitrogens with zero attached hydrogens (tertiary/aromatic N) is 3. The molecule has 6 nitrogen and oxygen atoms in total. The molecule has 33 heavy (non-hydrogen) atoms. The Balaban J connectivity index is 1.75. The maximum Gasteiger partial charge on any atom is 0.322 e. The molecule has 7 heteroatoms. The van der Waals surface area contributed by atoms with Gasteiger partial charge in [-0.15, -0.1) is 0 Å². The minimum Gasteiger partial charge on any atom is -0.334 e. The van der Waals surface area contributed by atoms with Crippen molar-refractivity contribution >= 4 is 23.2 Å². The SMILES string of the molecule is CCCCCN1C(=O)NC(c2cccc(Cl)c2)C(c2nc(-c3ccc(CC)cc3)no2)=C1C. The zero-order valence-electron chi connectivity index (χ0n) is 19.3. The Bertz CT molecular complexity index is 1150. The maximum absolute atomic E-state index is 13.0. The summed E-state index contributed by atoms with van der Waals surface area (Å²) < 4.78 is 5.75. The Morgan fingerprint density at radius 2 is 1.91 bits per heavy atom. The van der Waals surface area contributed by atoms with Gasteiger partial charge in [-0.2, -0.15) is 4.98 Å².